The molecule has 0 aromatic heterocycles. The van der Waals surface area contributed by atoms with Crippen LogP contribution in [0.1, 0.15) is 10.4 Å². The minimum atomic E-state index is -3.49. The molecule has 1 amide bonds. The van der Waals surface area contributed by atoms with E-state index in [1.807, 2.05) is 6.07 Å². The van der Waals surface area contributed by atoms with E-state index in [4.69, 9.17) is 10.00 Å². The van der Waals surface area contributed by atoms with Crippen LogP contribution in [0.25, 0.3) is 0 Å². The quantitative estimate of drug-likeness (QED) is 0.572. The number of amides is 1. The van der Waals surface area contributed by atoms with Gasteiger partial charge in [-0.1, -0.05) is 24.3 Å². The van der Waals surface area contributed by atoms with E-state index in [0.717, 1.165) is 6.26 Å². The molecule has 0 radical (unpaired) electrons. The summed E-state index contributed by atoms with van der Waals surface area (Å²) in [6.45, 7) is -0.743. The summed E-state index contributed by atoms with van der Waals surface area (Å²) in [6.07, 6.45) is 0.990. The molecule has 2 aromatic carbocycles. The first-order valence-electron chi connectivity index (χ1n) is 7.77. The van der Waals surface area contributed by atoms with Crippen LogP contribution in [0.3, 0.4) is 0 Å². The van der Waals surface area contributed by atoms with Crippen LogP contribution in [0.5, 0.6) is 0 Å². The van der Waals surface area contributed by atoms with Gasteiger partial charge in [-0.2, -0.15) is 5.26 Å². The summed E-state index contributed by atoms with van der Waals surface area (Å²) in [5.74, 6) is -1.34. The third-order valence-electron chi connectivity index (χ3n) is 3.33. The van der Waals surface area contributed by atoms with Crippen LogP contribution >= 0.6 is 0 Å². The molecule has 0 heterocycles. The standard InChI is InChI=1S/C18H17N3O5S/c1-27(24,25)20-15-7-5-6-14(12-15)18(23)26-13-17(22)21(11-10-19)16-8-3-2-4-9-16/h2-9,12,20H,11,13H2,1H3. The molecule has 0 saturated carbocycles. The zero-order valence-electron chi connectivity index (χ0n) is 14.5. The lowest BCUT2D eigenvalue weighted by molar-refractivity contribution is -0.121. The van der Waals surface area contributed by atoms with Gasteiger partial charge in [0.25, 0.3) is 5.91 Å². The Morgan fingerprint density at radius 3 is 2.48 bits per heavy atom. The Morgan fingerprint density at radius 1 is 1.15 bits per heavy atom. The minimum Gasteiger partial charge on any atom is -0.452 e. The second-order valence-corrected chi connectivity index (χ2v) is 7.25. The molecule has 1 N–H and O–H groups in total. The fourth-order valence-corrected chi connectivity index (χ4v) is 2.77. The van der Waals surface area contributed by atoms with Crippen molar-refractivity contribution in [2.75, 3.05) is 29.0 Å². The maximum absolute atomic E-state index is 12.3. The van der Waals surface area contributed by atoms with E-state index in [9.17, 15) is 18.0 Å². The van der Waals surface area contributed by atoms with Crippen LogP contribution in [0, 0.1) is 11.3 Å². The Hall–Kier alpha value is -3.38. The molecule has 0 unspecified atom stereocenters. The summed E-state index contributed by atoms with van der Waals surface area (Å²) >= 11 is 0. The lowest BCUT2D eigenvalue weighted by atomic mass is 10.2. The van der Waals surface area contributed by atoms with Gasteiger partial charge >= 0.3 is 5.97 Å². The molecule has 0 saturated heterocycles. The molecule has 9 heteroatoms. The number of nitrogens with zero attached hydrogens (tertiary/aromatic N) is 2. The van der Waals surface area contributed by atoms with Gasteiger partial charge in [-0.3, -0.25) is 14.4 Å². The predicted molar refractivity (Wildman–Crippen MR) is 99.6 cm³/mol. The molecule has 0 bridgehead atoms. The number of carbonyl (C=O) groups is 2. The lowest BCUT2D eigenvalue weighted by Crippen LogP contribution is -2.35. The number of benzene rings is 2. The van der Waals surface area contributed by atoms with E-state index in [1.54, 1.807) is 30.3 Å². The van der Waals surface area contributed by atoms with Crippen molar-refractivity contribution in [1.29, 1.82) is 5.26 Å². The monoisotopic (exact) mass is 387 g/mol. The minimum absolute atomic E-state index is 0.0861. The first-order chi connectivity index (χ1) is 12.8. The number of para-hydroxylation sites is 1. The van der Waals surface area contributed by atoms with E-state index in [1.165, 1.54) is 29.2 Å². The van der Waals surface area contributed by atoms with Gasteiger partial charge in [0.15, 0.2) is 6.61 Å². The summed E-state index contributed by atoms with van der Waals surface area (Å²) in [7, 11) is -3.49. The highest BCUT2D eigenvalue weighted by molar-refractivity contribution is 7.92. The van der Waals surface area contributed by atoms with Gasteiger partial charge in [-0.25, -0.2) is 13.2 Å². The number of anilines is 2. The second-order valence-electron chi connectivity index (χ2n) is 5.50. The van der Waals surface area contributed by atoms with Crippen LogP contribution in [-0.4, -0.2) is 39.7 Å². The zero-order valence-corrected chi connectivity index (χ0v) is 15.3. The van der Waals surface area contributed by atoms with E-state index < -0.39 is 28.5 Å². The van der Waals surface area contributed by atoms with E-state index in [-0.39, 0.29) is 17.8 Å². The number of rotatable bonds is 7. The first-order valence-corrected chi connectivity index (χ1v) is 9.66. The van der Waals surface area contributed by atoms with Gasteiger partial charge in [-0.05, 0) is 30.3 Å². The van der Waals surface area contributed by atoms with Crippen LogP contribution in [0.2, 0.25) is 0 Å². The molecule has 0 aliphatic carbocycles. The highest BCUT2D eigenvalue weighted by Crippen LogP contribution is 2.15. The van der Waals surface area contributed by atoms with Crippen LogP contribution < -0.4 is 9.62 Å². The number of esters is 1. The van der Waals surface area contributed by atoms with Crippen molar-refractivity contribution in [3.8, 4) is 6.07 Å². The number of hydrogen-bond donors (Lipinski definition) is 1. The number of ether oxygens (including phenoxy) is 1. The number of sulfonamides is 1. The smallest absolute Gasteiger partial charge is 0.338 e. The molecule has 2 rings (SSSR count). The Kier molecular flexibility index (Phi) is 6.51. The Bertz CT molecular complexity index is 968. The average molecular weight is 387 g/mol. The number of carbonyl (C=O) groups excluding carboxylic acids is 2. The lowest BCUT2D eigenvalue weighted by Gasteiger charge is -2.19. The average Bonchev–Trinajstić information content (AvgIpc) is 2.63. The number of nitriles is 1. The third kappa shape index (κ3) is 6.13. The van der Waals surface area contributed by atoms with Gasteiger partial charge < -0.3 is 4.74 Å². The molecular formula is C18H17N3O5S. The van der Waals surface area contributed by atoms with Gasteiger partial charge in [0.1, 0.15) is 6.54 Å². The maximum Gasteiger partial charge on any atom is 0.338 e. The van der Waals surface area contributed by atoms with Crippen molar-refractivity contribution in [3.63, 3.8) is 0 Å². The predicted octanol–water partition coefficient (Wildman–Crippen LogP) is 1.77. The molecule has 2 aromatic rings. The van der Waals surface area contributed by atoms with E-state index in [2.05, 4.69) is 4.72 Å². The highest BCUT2D eigenvalue weighted by atomic mass is 32.2. The highest BCUT2D eigenvalue weighted by Gasteiger charge is 2.18. The fourth-order valence-electron chi connectivity index (χ4n) is 2.21. The molecule has 0 aliphatic heterocycles. The topological polar surface area (TPSA) is 117 Å². The van der Waals surface area contributed by atoms with Gasteiger partial charge in [0, 0.05) is 11.4 Å². The summed E-state index contributed by atoms with van der Waals surface area (Å²) in [6, 6.07) is 16.1. The number of nitrogens with one attached hydrogen (secondary N) is 1. The van der Waals surface area contributed by atoms with Crippen molar-refractivity contribution in [2.24, 2.45) is 0 Å². The fraction of sp³-hybridized carbons (Fsp3) is 0.167. The molecule has 0 aliphatic rings. The van der Waals surface area contributed by atoms with Crippen LogP contribution in [0.15, 0.2) is 54.6 Å². The van der Waals surface area contributed by atoms with Gasteiger partial charge in [0.2, 0.25) is 10.0 Å². The second kappa shape index (κ2) is 8.82. The maximum atomic E-state index is 12.3. The third-order valence-corrected chi connectivity index (χ3v) is 3.93. The van der Waals surface area contributed by atoms with Crippen LogP contribution in [0.4, 0.5) is 11.4 Å². The van der Waals surface area contributed by atoms with Gasteiger partial charge in [0.05, 0.1) is 17.9 Å². The van der Waals surface area contributed by atoms with Crippen molar-refractivity contribution in [2.45, 2.75) is 0 Å². The first kappa shape index (κ1) is 19.9. The van der Waals surface area contributed by atoms with Crippen molar-refractivity contribution < 1.29 is 22.7 Å². The molecule has 27 heavy (non-hydrogen) atoms. The summed E-state index contributed by atoms with van der Waals surface area (Å²) in [5, 5.41) is 8.92. The Labute approximate surface area is 157 Å². The molecule has 0 spiro atoms. The summed E-state index contributed by atoms with van der Waals surface area (Å²) in [5.41, 5.74) is 0.802. The molecule has 0 atom stereocenters. The van der Waals surface area contributed by atoms with Gasteiger partial charge in [-0.15, -0.1) is 0 Å². The number of hydrogen-bond acceptors (Lipinski definition) is 6. The zero-order chi connectivity index (χ0) is 19.9. The summed E-state index contributed by atoms with van der Waals surface area (Å²) < 4.78 is 29.8. The molecule has 140 valence electrons. The van der Waals surface area contributed by atoms with Crippen molar-refractivity contribution in [3.05, 3.63) is 60.2 Å². The SMILES string of the molecule is CS(=O)(=O)Nc1cccc(C(=O)OCC(=O)N(CC#N)c2ccccc2)c1. The Balaban J connectivity index is 2.05. The van der Waals surface area contributed by atoms with Crippen molar-refractivity contribution >= 4 is 33.3 Å². The Morgan fingerprint density at radius 2 is 1.85 bits per heavy atom. The van der Waals surface area contributed by atoms with Crippen LogP contribution in [-0.2, 0) is 19.6 Å². The molecular weight excluding hydrogens is 370 g/mol. The molecule has 8 nitrogen and oxygen atoms in total. The van der Waals surface area contributed by atoms with E-state index >= 15 is 0 Å². The van der Waals surface area contributed by atoms with Crippen molar-refractivity contribution in [1.82, 2.24) is 0 Å². The molecule has 0 fully saturated rings. The normalized spacial score (nSPS) is 10.5. The van der Waals surface area contributed by atoms with E-state index in [0.29, 0.717) is 5.69 Å². The largest absolute Gasteiger partial charge is 0.452 e. The summed E-state index contributed by atoms with van der Waals surface area (Å²) in [4.78, 5) is 25.7.